The molecule has 20 heavy (non-hydrogen) atoms. The molecule has 0 bridgehead atoms. The van der Waals surface area contributed by atoms with E-state index in [-0.39, 0.29) is 5.82 Å². The highest BCUT2D eigenvalue weighted by Crippen LogP contribution is 2.24. The number of hydrogen-bond donors (Lipinski definition) is 1. The fourth-order valence-electron chi connectivity index (χ4n) is 1.87. The van der Waals surface area contributed by atoms with Crippen molar-refractivity contribution in [2.24, 2.45) is 0 Å². The van der Waals surface area contributed by atoms with Crippen molar-refractivity contribution in [1.82, 2.24) is 5.32 Å². The third kappa shape index (κ3) is 4.30. The van der Waals surface area contributed by atoms with E-state index in [2.05, 4.69) is 37.2 Å². The average Bonchev–Trinajstić information content (AvgIpc) is 2.37. The van der Waals surface area contributed by atoms with Gasteiger partial charge in [-0.3, -0.25) is 0 Å². The van der Waals surface area contributed by atoms with Crippen LogP contribution in [0, 0.1) is 5.82 Å². The molecule has 0 saturated heterocycles. The van der Waals surface area contributed by atoms with Crippen LogP contribution in [-0.2, 0) is 13.2 Å². The largest absolute Gasteiger partial charge is 0.489 e. The topological polar surface area (TPSA) is 21.3 Å². The predicted octanol–water partition coefficient (Wildman–Crippen LogP) is 4.65. The minimum absolute atomic E-state index is 0.274. The van der Waals surface area contributed by atoms with Gasteiger partial charge in [0, 0.05) is 21.1 Å². The number of nitrogens with one attached hydrogen (secondary N) is 1. The second-order valence-electron chi connectivity index (χ2n) is 4.35. The fraction of sp³-hybridized carbons (Fsp3) is 0.200. The van der Waals surface area contributed by atoms with Gasteiger partial charge in [-0.05, 0) is 49.0 Å². The Morgan fingerprint density at radius 3 is 2.60 bits per heavy atom. The molecule has 0 saturated carbocycles. The van der Waals surface area contributed by atoms with Crippen molar-refractivity contribution >= 4 is 31.9 Å². The smallest absolute Gasteiger partial charge is 0.124 e. The Hall–Kier alpha value is -0.910. The molecule has 2 rings (SSSR count). The van der Waals surface area contributed by atoms with Gasteiger partial charge in [0.05, 0.1) is 0 Å². The quantitative estimate of drug-likeness (QED) is 0.785. The van der Waals surface area contributed by atoms with E-state index in [9.17, 15) is 4.39 Å². The molecule has 0 amide bonds. The van der Waals surface area contributed by atoms with Gasteiger partial charge in [0.1, 0.15) is 18.2 Å². The first-order valence-corrected chi connectivity index (χ1v) is 7.68. The zero-order chi connectivity index (χ0) is 14.5. The van der Waals surface area contributed by atoms with E-state index in [1.165, 1.54) is 12.1 Å². The molecule has 0 atom stereocenters. The van der Waals surface area contributed by atoms with E-state index in [0.29, 0.717) is 17.6 Å². The number of rotatable bonds is 5. The van der Waals surface area contributed by atoms with Crippen LogP contribution in [0.3, 0.4) is 0 Å². The molecule has 0 aliphatic carbocycles. The minimum Gasteiger partial charge on any atom is -0.489 e. The van der Waals surface area contributed by atoms with Crippen LogP contribution in [0.4, 0.5) is 4.39 Å². The van der Waals surface area contributed by atoms with Crippen molar-refractivity contribution in [2.45, 2.75) is 13.2 Å². The lowest BCUT2D eigenvalue weighted by Gasteiger charge is -2.12. The van der Waals surface area contributed by atoms with Crippen molar-refractivity contribution in [2.75, 3.05) is 7.05 Å². The summed E-state index contributed by atoms with van der Waals surface area (Å²) in [5.74, 6) is 0.521. The molecule has 0 aromatic heterocycles. The molecule has 1 N–H and O–H groups in total. The zero-order valence-electron chi connectivity index (χ0n) is 10.9. The van der Waals surface area contributed by atoms with Gasteiger partial charge < -0.3 is 10.1 Å². The van der Waals surface area contributed by atoms with Crippen molar-refractivity contribution < 1.29 is 9.13 Å². The molecule has 106 valence electrons. The Morgan fingerprint density at radius 2 is 1.90 bits per heavy atom. The molecule has 2 nitrogen and oxygen atoms in total. The Balaban J connectivity index is 2.13. The second-order valence-corrected chi connectivity index (χ2v) is 6.18. The number of hydrogen-bond acceptors (Lipinski definition) is 2. The van der Waals surface area contributed by atoms with Gasteiger partial charge in [0.15, 0.2) is 0 Å². The molecule has 2 aromatic carbocycles. The summed E-state index contributed by atoms with van der Waals surface area (Å²) in [5.41, 5.74) is 1.84. The van der Waals surface area contributed by atoms with Gasteiger partial charge in [-0.1, -0.05) is 31.9 Å². The van der Waals surface area contributed by atoms with Crippen LogP contribution in [0.2, 0.25) is 0 Å². The van der Waals surface area contributed by atoms with Gasteiger partial charge in [0.25, 0.3) is 0 Å². The Bertz CT molecular complexity index is 584. The summed E-state index contributed by atoms with van der Waals surface area (Å²) in [6.45, 7) is 1.04. The lowest BCUT2D eigenvalue weighted by molar-refractivity contribution is 0.301. The van der Waals surface area contributed by atoms with Gasteiger partial charge in [-0.25, -0.2) is 4.39 Å². The fourth-order valence-corrected chi connectivity index (χ4v) is 2.79. The molecule has 2 aromatic rings. The molecule has 0 unspecified atom stereocenters. The van der Waals surface area contributed by atoms with E-state index < -0.39 is 0 Å². The summed E-state index contributed by atoms with van der Waals surface area (Å²) in [4.78, 5) is 0. The standard InChI is InChI=1S/C15H14Br2FNO/c1-19-8-11-6-12(16)2-3-15(11)20-9-10-4-13(17)7-14(18)5-10/h2-7,19H,8-9H2,1H3. The van der Waals surface area contributed by atoms with Crippen molar-refractivity contribution in [1.29, 1.82) is 0 Å². The third-order valence-electron chi connectivity index (χ3n) is 2.71. The van der Waals surface area contributed by atoms with Crippen LogP contribution in [0.5, 0.6) is 5.75 Å². The van der Waals surface area contributed by atoms with E-state index in [0.717, 1.165) is 21.3 Å². The summed E-state index contributed by atoms with van der Waals surface area (Å²) < 4.78 is 20.8. The number of ether oxygens (including phenoxy) is 1. The first-order valence-electron chi connectivity index (χ1n) is 6.09. The number of halogens is 3. The van der Waals surface area contributed by atoms with Gasteiger partial charge in [-0.2, -0.15) is 0 Å². The van der Waals surface area contributed by atoms with Crippen LogP contribution >= 0.6 is 31.9 Å². The molecule has 0 aliphatic rings. The van der Waals surface area contributed by atoms with Gasteiger partial charge >= 0.3 is 0 Å². The molecule has 0 heterocycles. The molecule has 0 spiro atoms. The highest BCUT2D eigenvalue weighted by molar-refractivity contribution is 9.10. The lowest BCUT2D eigenvalue weighted by Crippen LogP contribution is -2.07. The van der Waals surface area contributed by atoms with Crippen LogP contribution < -0.4 is 10.1 Å². The maximum absolute atomic E-state index is 13.3. The molecule has 0 fully saturated rings. The molecule has 5 heteroatoms. The predicted molar refractivity (Wildman–Crippen MR) is 85.3 cm³/mol. The molecular formula is C15H14Br2FNO. The summed E-state index contributed by atoms with van der Waals surface area (Å²) in [6.07, 6.45) is 0. The van der Waals surface area contributed by atoms with Crippen LogP contribution in [0.1, 0.15) is 11.1 Å². The first-order chi connectivity index (χ1) is 9.58. The SMILES string of the molecule is CNCc1cc(Br)ccc1OCc1cc(F)cc(Br)c1. The highest BCUT2D eigenvalue weighted by atomic mass is 79.9. The van der Waals surface area contributed by atoms with Crippen molar-refractivity contribution in [3.8, 4) is 5.75 Å². The first kappa shape index (κ1) is 15.5. The van der Waals surface area contributed by atoms with E-state index in [1.807, 2.05) is 31.3 Å². The van der Waals surface area contributed by atoms with Gasteiger partial charge in [0.2, 0.25) is 0 Å². The van der Waals surface area contributed by atoms with Crippen LogP contribution in [-0.4, -0.2) is 7.05 Å². The lowest BCUT2D eigenvalue weighted by atomic mass is 10.2. The molecule has 0 aliphatic heterocycles. The zero-order valence-corrected chi connectivity index (χ0v) is 14.1. The molecular weight excluding hydrogens is 389 g/mol. The monoisotopic (exact) mass is 401 g/mol. The van der Waals surface area contributed by atoms with E-state index in [4.69, 9.17) is 4.74 Å². The number of benzene rings is 2. The summed E-state index contributed by atoms with van der Waals surface area (Å²) in [7, 11) is 1.88. The Kier molecular flexibility index (Phi) is 5.57. The highest BCUT2D eigenvalue weighted by Gasteiger charge is 2.06. The Morgan fingerprint density at radius 1 is 1.10 bits per heavy atom. The minimum atomic E-state index is -0.274. The maximum Gasteiger partial charge on any atom is 0.124 e. The van der Waals surface area contributed by atoms with Crippen molar-refractivity contribution in [3.63, 3.8) is 0 Å². The van der Waals surface area contributed by atoms with Crippen molar-refractivity contribution in [3.05, 3.63) is 62.3 Å². The summed E-state index contributed by atoms with van der Waals surface area (Å²) >= 11 is 6.72. The van der Waals surface area contributed by atoms with E-state index >= 15 is 0 Å². The Labute approximate surface area is 134 Å². The normalized spacial score (nSPS) is 10.6. The van der Waals surface area contributed by atoms with Crippen LogP contribution in [0.25, 0.3) is 0 Å². The van der Waals surface area contributed by atoms with E-state index in [1.54, 1.807) is 0 Å². The average molecular weight is 403 g/mol. The van der Waals surface area contributed by atoms with Gasteiger partial charge in [-0.15, -0.1) is 0 Å². The third-order valence-corrected chi connectivity index (χ3v) is 3.66. The maximum atomic E-state index is 13.3. The van der Waals surface area contributed by atoms with Crippen LogP contribution in [0.15, 0.2) is 45.3 Å². The summed E-state index contributed by atoms with van der Waals surface area (Å²) in [5, 5.41) is 3.10. The molecule has 0 radical (unpaired) electrons. The second kappa shape index (κ2) is 7.20. The summed E-state index contributed by atoms with van der Waals surface area (Å²) in [6, 6.07) is 10.6.